The Morgan fingerprint density at radius 1 is 1.27 bits per heavy atom. The summed E-state index contributed by atoms with van der Waals surface area (Å²) in [5.74, 6) is 0.862. The lowest BCUT2D eigenvalue weighted by Crippen LogP contribution is -2.32. The van der Waals surface area contributed by atoms with Crippen molar-refractivity contribution in [1.82, 2.24) is 15.5 Å². The van der Waals surface area contributed by atoms with Gasteiger partial charge in [-0.1, -0.05) is 37.6 Å². The molecule has 0 unspecified atom stereocenters. The Morgan fingerprint density at radius 2 is 2.00 bits per heavy atom. The molecule has 0 fully saturated rings. The number of methoxy groups -OCH3 is 1. The number of hydrogen-bond donors (Lipinski definition) is 1. The van der Waals surface area contributed by atoms with Crippen LogP contribution < -0.4 is 10.1 Å². The van der Waals surface area contributed by atoms with Gasteiger partial charge in [-0.2, -0.15) is 4.98 Å². The Balaban J connectivity index is 1.85. The van der Waals surface area contributed by atoms with Crippen LogP contribution in [0.2, 0.25) is 0 Å². The van der Waals surface area contributed by atoms with Gasteiger partial charge in [-0.25, -0.2) is 0 Å². The maximum absolute atomic E-state index is 12.7. The predicted octanol–water partition coefficient (Wildman–Crippen LogP) is 4.17. The molecule has 0 saturated carbocycles. The van der Waals surface area contributed by atoms with Crippen molar-refractivity contribution in [2.45, 2.75) is 26.3 Å². The van der Waals surface area contributed by atoms with E-state index in [-0.39, 0.29) is 29.2 Å². The monoisotopic (exact) mass is 410 g/mol. The number of amides is 1. The molecular weight excluding hydrogens is 388 g/mol. The molecule has 1 amide bonds. The highest BCUT2D eigenvalue weighted by atomic mass is 16.6. The van der Waals surface area contributed by atoms with Crippen molar-refractivity contribution in [3.8, 4) is 17.1 Å². The molecule has 0 saturated heterocycles. The van der Waals surface area contributed by atoms with Gasteiger partial charge in [0.25, 0.3) is 11.6 Å². The van der Waals surface area contributed by atoms with Crippen molar-refractivity contribution >= 4 is 11.6 Å². The molecule has 156 valence electrons. The number of aromatic nitrogens is 2. The van der Waals surface area contributed by atoms with Crippen molar-refractivity contribution in [3.05, 3.63) is 70.1 Å². The maximum Gasteiger partial charge on any atom is 0.270 e. The molecule has 0 bridgehead atoms. The largest absolute Gasteiger partial charge is 0.497 e. The van der Waals surface area contributed by atoms with Crippen molar-refractivity contribution in [1.29, 1.82) is 0 Å². The summed E-state index contributed by atoms with van der Waals surface area (Å²) in [5.41, 5.74) is 0.872. The second-order valence-electron chi connectivity index (χ2n) is 6.83. The zero-order valence-corrected chi connectivity index (χ0v) is 16.9. The molecule has 0 aliphatic carbocycles. The topological polar surface area (TPSA) is 120 Å². The quantitative estimate of drug-likeness (QED) is 0.437. The number of rotatable bonds is 8. The van der Waals surface area contributed by atoms with Crippen LogP contribution in [-0.2, 0) is 0 Å². The summed E-state index contributed by atoms with van der Waals surface area (Å²) in [5, 5.41) is 17.9. The van der Waals surface area contributed by atoms with Crippen LogP contribution in [0.25, 0.3) is 11.4 Å². The van der Waals surface area contributed by atoms with Gasteiger partial charge in [-0.3, -0.25) is 14.9 Å². The molecule has 9 heteroatoms. The number of hydrogen-bond acceptors (Lipinski definition) is 7. The molecule has 0 aliphatic heterocycles. The normalized spacial score (nSPS) is 12.8. The number of ether oxygens (including phenoxy) is 1. The third kappa shape index (κ3) is 4.62. The van der Waals surface area contributed by atoms with Gasteiger partial charge in [0.2, 0.25) is 11.7 Å². The fourth-order valence-corrected chi connectivity index (χ4v) is 2.89. The van der Waals surface area contributed by atoms with Gasteiger partial charge in [-0.15, -0.1) is 0 Å². The third-order valence-electron chi connectivity index (χ3n) is 4.87. The lowest BCUT2D eigenvalue weighted by molar-refractivity contribution is -0.384. The van der Waals surface area contributed by atoms with Gasteiger partial charge in [0.1, 0.15) is 11.8 Å². The molecule has 0 spiro atoms. The fourth-order valence-electron chi connectivity index (χ4n) is 2.89. The number of carbonyl (C=O) groups excluding carboxylic acids is 1. The van der Waals surface area contributed by atoms with Gasteiger partial charge in [-0.05, 0) is 30.2 Å². The molecule has 30 heavy (non-hydrogen) atoms. The third-order valence-corrected chi connectivity index (χ3v) is 4.87. The number of nitro benzene ring substituents is 1. The summed E-state index contributed by atoms with van der Waals surface area (Å²) in [4.78, 5) is 27.6. The summed E-state index contributed by atoms with van der Waals surface area (Å²) in [6, 6.07) is 12.2. The smallest absolute Gasteiger partial charge is 0.270 e. The average molecular weight is 410 g/mol. The first-order chi connectivity index (χ1) is 14.4. The summed E-state index contributed by atoms with van der Waals surface area (Å²) >= 11 is 0. The molecule has 2 atom stereocenters. The minimum Gasteiger partial charge on any atom is -0.497 e. The lowest BCUT2D eigenvalue weighted by Gasteiger charge is -2.20. The van der Waals surface area contributed by atoms with Crippen LogP contribution in [-0.4, -0.2) is 28.1 Å². The number of nitro groups is 1. The minimum absolute atomic E-state index is 0.0191. The van der Waals surface area contributed by atoms with Crippen molar-refractivity contribution in [2.24, 2.45) is 5.92 Å². The molecule has 3 aromatic rings. The van der Waals surface area contributed by atoms with E-state index in [0.717, 1.165) is 6.42 Å². The summed E-state index contributed by atoms with van der Waals surface area (Å²) < 4.78 is 10.5. The van der Waals surface area contributed by atoms with E-state index >= 15 is 0 Å². The van der Waals surface area contributed by atoms with Gasteiger partial charge < -0.3 is 14.6 Å². The number of nitrogens with zero attached hydrogens (tertiary/aromatic N) is 3. The highest BCUT2D eigenvalue weighted by molar-refractivity contribution is 5.94. The molecule has 1 N–H and O–H groups in total. The fraction of sp³-hybridized carbons (Fsp3) is 0.286. The standard InChI is InChI=1S/C21H22N4O5/c1-4-13(2)18(22-20(26)14-8-10-17(29-3)11-9-14)21-23-19(24-30-21)15-6-5-7-16(12-15)25(27)28/h5-13,18H,4H2,1-3H3,(H,22,26)/t13-,18+/m1/s1. The average Bonchev–Trinajstić information content (AvgIpc) is 3.27. The van der Waals surface area contributed by atoms with E-state index < -0.39 is 11.0 Å². The van der Waals surface area contributed by atoms with Crippen LogP contribution in [0.15, 0.2) is 53.1 Å². The molecule has 0 aliphatic rings. The number of carbonyl (C=O) groups is 1. The van der Waals surface area contributed by atoms with Gasteiger partial charge in [0, 0.05) is 23.3 Å². The van der Waals surface area contributed by atoms with Gasteiger partial charge >= 0.3 is 0 Å². The summed E-state index contributed by atoms with van der Waals surface area (Å²) in [6.45, 7) is 3.96. The lowest BCUT2D eigenvalue weighted by atomic mass is 9.98. The van der Waals surface area contributed by atoms with Crippen molar-refractivity contribution in [2.75, 3.05) is 7.11 Å². The Kier molecular flexibility index (Phi) is 6.41. The zero-order valence-electron chi connectivity index (χ0n) is 16.9. The second kappa shape index (κ2) is 9.17. The highest BCUT2D eigenvalue weighted by Crippen LogP contribution is 2.27. The van der Waals surface area contributed by atoms with E-state index in [2.05, 4.69) is 15.5 Å². The SMILES string of the molecule is CC[C@@H](C)[C@H](NC(=O)c1ccc(OC)cc1)c1nc(-c2cccc([N+](=O)[O-])c2)no1. The maximum atomic E-state index is 12.7. The van der Waals surface area contributed by atoms with Crippen LogP contribution in [0.4, 0.5) is 5.69 Å². The first kappa shape index (κ1) is 21.0. The Morgan fingerprint density at radius 3 is 2.63 bits per heavy atom. The molecule has 3 rings (SSSR count). The van der Waals surface area contributed by atoms with E-state index in [1.165, 1.54) is 12.1 Å². The molecule has 1 aromatic heterocycles. The van der Waals surface area contributed by atoms with Crippen LogP contribution in [0.5, 0.6) is 5.75 Å². The summed E-state index contributed by atoms with van der Waals surface area (Å²) in [6.07, 6.45) is 0.766. The minimum atomic E-state index is -0.510. The Hall–Kier alpha value is -3.75. The van der Waals surface area contributed by atoms with Crippen LogP contribution in [0, 0.1) is 16.0 Å². The van der Waals surface area contributed by atoms with Crippen LogP contribution in [0.3, 0.4) is 0 Å². The van der Waals surface area contributed by atoms with Crippen molar-refractivity contribution < 1.29 is 19.0 Å². The molecule has 2 aromatic carbocycles. The van der Waals surface area contributed by atoms with E-state index in [9.17, 15) is 14.9 Å². The number of non-ortho nitro benzene ring substituents is 1. The molecular formula is C21H22N4O5. The molecule has 1 heterocycles. The van der Waals surface area contributed by atoms with E-state index in [0.29, 0.717) is 16.9 Å². The van der Waals surface area contributed by atoms with E-state index in [1.807, 2.05) is 13.8 Å². The van der Waals surface area contributed by atoms with Gasteiger partial charge in [0.15, 0.2) is 0 Å². The van der Waals surface area contributed by atoms with Crippen molar-refractivity contribution in [3.63, 3.8) is 0 Å². The number of benzene rings is 2. The van der Waals surface area contributed by atoms with E-state index in [4.69, 9.17) is 9.26 Å². The number of nitrogens with one attached hydrogen (secondary N) is 1. The second-order valence-corrected chi connectivity index (χ2v) is 6.83. The Bertz CT molecular complexity index is 1030. The summed E-state index contributed by atoms with van der Waals surface area (Å²) in [7, 11) is 1.56. The Labute approximate surface area is 173 Å². The highest BCUT2D eigenvalue weighted by Gasteiger charge is 2.27. The first-order valence-electron chi connectivity index (χ1n) is 9.46. The molecule has 0 radical (unpaired) electrons. The van der Waals surface area contributed by atoms with E-state index in [1.54, 1.807) is 43.5 Å². The van der Waals surface area contributed by atoms with Crippen LogP contribution >= 0.6 is 0 Å². The van der Waals surface area contributed by atoms with Crippen LogP contribution in [0.1, 0.15) is 42.6 Å². The van der Waals surface area contributed by atoms with Gasteiger partial charge in [0.05, 0.1) is 12.0 Å². The predicted molar refractivity (Wildman–Crippen MR) is 109 cm³/mol. The molecule has 9 nitrogen and oxygen atoms in total. The zero-order chi connectivity index (χ0) is 21.7. The first-order valence-corrected chi connectivity index (χ1v) is 9.46.